The fraction of sp³-hybridized carbons (Fsp3) is 0.471. The second-order valence-electron chi connectivity index (χ2n) is 11.1. The first-order valence-corrected chi connectivity index (χ1v) is 15.6. The summed E-state index contributed by atoms with van der Waals surface area (Å²) in [5.41, 5.74) is 2.38. The standard InChI is InChI=1S/C34H44N4O8/c1-45-31(41)21-27-33(43)38(24-30(40)36-20-12-10-18-26-15-7-4-8-16-26)28(22-32(42)46-2)34(44)37(27)23-29(39)35-19-11-9-17-25-13-5-3-6-14-25/h3-8,13-16,27-28H,9-12,17-24H2,1-2H3,(H,35,39)(H,36,40)/t27-,28-/m0/s1. The van der Waals surface area contributed by atoms with Gasteiger partial charge >= 0.3 is 11.9 Å². The highest BCUT2D eigenvalue weighted by Gasteiger charge is 2.48. The zero-order valence-electron chi connectivity index (χ0n) is 26.6. The van der Waals surface area contributed by atoms with Crippen LogP contribution in [-0.2, 0) is 51.1 Å². The van der Waals surface area contributed by atoms with Gasteiger partial charge in [0.1, 0.15) is 25.2 Å². The van der Waals surface area contributed by atoms with E-state index in [9.17, 15) is 28.8 Å². The van der Waals surface area contributed by atoms with Gasteiger partial charge in [-0.25, -0.2) is 0 Å². The molecular weight excluding hydrogens is 592 g/mol. The lowest BCUT2D eigenvalue weighted by Gasteiger charge is -2.43. The van der Waals surface area contributed by atoms with Crippen molar-refractivity contribution in [3.8, 4) is 0 Å². The number of nitrogens with zero attached hydrogens (tertiary/aromatic N) is 2. The molecule has 12 heteroatoms. The first kappa shape index (κ1) is 35.7. The molecular formula is C34H44N4O8. The van der Waals surface area contributed by atoms with Crippen molar-refractivity contribution in [2.45, 2.75) is 63.5 Å². The average Bonchev–Trinajstić information content (AvgIpc) is 3.07. The molecule has 12 nitrogen and oxygen atoms in total. The van der Waals surface area contributed by atoms with Crippen molar-refractivity contribution in [1.82, 2.24) is 20.4 Å². The van der Waals surface area contributed by atoms with Crippen molar-refractivity contribution < 1.29 is 38.2 Å². The van der Waals surface area contributed by atoms with Gasteiger partial charge in [0.2, 0.25) is 23.6 Å². The zero-order chi connectivity index (χ0) is 33.3. The van der Waals surface area contributed by atoms with Gasteiger partial charge in [-0.1, -0.05) is 60.7 Å². The average molecular weight is 637 g/mol. The zero-order valence-corrected chi connectivity index (χ0v) is 26.6. The number of methoxy groups -OCH3 is 2. The Hall–Kier alpha value is -4.74. The van der Waals surface area contributed by atoms with Gasteiger partial charge in [0.25, 0.3) is 0 Å². The summed E-state index contributed by atoms with van der Waals surface area (Å²) in [6.45, 7) is -0.312. The van der Waals surface area contributed by atoms with E-state index in [1.807, 2.05) is 60.7 Å². The second-order valence-corrected chi connectivity index (χ2v) is 11.1. The Morgan fingerprint density at radius 3 is 1.33 bits per heavy atom. The van der Waals surface area contributed by atoms with Crippen molar-refractivity contribution in [1.29, 1.82) is 0 Å². The summed E-state index contributed by atoms with van der Waals surface area (Å²) in [7, 11) is 2.29. The van der Waals surface area contributed by atoms with Crippen molar-refractivity contribution in [2.75, 3.05) is 40.4 Å². The van der Waals surface area contributed by atoms with E-state index in [0.717, 1.165) is 49.7 Å². The lowest BCUT2D eigenvalue weighted by atomic mass is 9.99. The summed E-state index contributed by atoms with van der Waals surface area (Å²) in [6.07, 6.45) is 3.72. The molecule has 46 heavy (non-hydrogen) atoms. The summed E-state index contributed by atoms with van der Waals surface area (Å²) in [5, 5.41) is 5.53. The van der Waals surface area contributed by atoms with Crippen LogP contribution < -0.4 is 10.6 Å². The second kappa shape index (κ2) is 18.9. The molecule has 0 radical (unpaired) electrons. The minimum Gasteiger partial charge on any atom is -0.469 e. The maximum absolute atomic E-state index is 13.8. The van der Waals surface area contributed by atoms with Gasteiger partial charge in [-0.05, 0) is 49.7 Å². The van der Waals surface area contributed by atoms with Crippen LogP contribution in [0.4, 0.5) is 0 Å². The number of amides is 4. The number of hydrogen-bond acceptors (Lipinski definition) is 8. The predicted molar refractivity (Wildman–Crippen MR) is 169 cm³/mol. The van der Waals surface area contributed by atoms with Crippen LogP contribution in [0.15, 0.2) is 60.7 Å². The molecule has 1 heterocycles. The van der Waals surface area contributed by atoms with E-state index in [2.05, 4.69) is 10.6 Å². The molecule has 0 unspecified atom stereocenters. The number of carbonyl (C=O) groups excluding carboxylic acids is 6. The SMILES string of the molecule is COC(=O)C[C@H]1C(=O)N(CC(=O)NCCCCc2ccccc2)[C@@H](CC(=O)OC)C(=O)N1CC(=O)NCCCCc1ccccc1. The molecule has 0 spiro atoms. The fourth-order valence-electron chi connectivity index (χ4n) is 5.28. The van der Waals surface area contributed by atoms with Crippen molar-refractivity contribution in [2.24, 2.45) is 0 Å². The molecule has 2 N–H and O–H groups in total. The monoisotopic (exact) mass is 636 g/mol. The number of carbonyl (C=O) groups is 6. The smallest absolute Gasteiger partial charge is 0.308 e. The predicted octanol–water partition coefficient (Wildman–Crippen LogP) is 1.80. The summed E-state index contributed by atoms with van der Waals surface area (Å²) >= 11 is 0. The van der Waals surface area contributed by atoms with Crippen molar-refractivity contribution >= 4 is 35.6 Å². The van der Waals surface area contributed by atoms with Gasteiger partial charge in [0.15, 0.2) is 0 Å². The molecule has 0 saturated carbocycles. The molecule has 2 aromatic carbocycles. The molecule has 2 atom stereocenters. The Labute approximate surface area is 269 Å². The molecule has 0 bridgehead atoms. The van der Waals surface area contributed by atoms with Crippen LogP contribution in [0.1, 0.15) is 49.7 Å². The number of esters is 2. The van der Waals surface area contributed by atoms with E-state index in [0.29, 0.717) is 25.9 Å². The van der Waals surface area contributed by atoms with E-state index in [4.69, 9.17) is 9.47 Å². The topological polar surface area (TPSA) is 151 Å². The Morgan fingerprint density at radius 1 is 0.609 bits per heavy atom. The number of unbranched alkanes of at least 4 members (excludes halogenated alkanes) is 2. The largest absolute Gasteiger partial charge is 0.469 e. The van der Waals surface area contributed by atoms with E-state index in [-0.39, 0.29) is 0 Å². The number of piperazine rings is 1. The minimum absolute atomic E-state index is 0.354. The Bertz CT molecular complexity index is 1220. The van der Waals surface area contributed by atoms with Crippen LogP contribution in [0.5, 0.6) is 0 Å². The summed E-state index contributed by atoms with van der Waals surface area (Å²) in [5.74, 6) is -4.07. The van der Waals surface area contributed by atoms with Gasteiger partial charge in [-0.3, -0.25) is 28.8 Å². The summed E-state index contributed by atoms with van der Waals surface area (Å²) in [4.78, 5) is 79.9. The number of aryl methyl sites for hydroxylation is 2. The highest BCUT2D eigenvalue weighted by Crippen LogP contribution is 2.23. The maximum Gasteiger partial charge on any atom is 0.308 e. The van der Waals surface area contributed by atoms with E-state index >= 15 is 0 Å². The molecule has 0 aliphatic carbocycles. The summed E-state index contributed by atoms with van der Waals surface area (Å²) < 4.78 is 9.50. The number of rotatable bonds is 18. The molecule has 1 aliphatic rings. The van der Waals surface area contributed by atoms with Crippen LogP contribution in [0, 0.1) is 0 Å². The van der Waals surface area contributed by atoms with E-state index < -0.39 is 73.6 Å². The molecule has 1 aliphatic heterocycles. The Kier molecular flexibility index (Phi) is 14.7. The molecule has 0 aromatic heterocycles. The van der Waals surface area contributed by atoms with Crippen LogP contribution >= 0.6 is 0 Å². The first-order chi connectivity index (χ1) is 22.2. The molecule has 2 aromatic rings. The van der Waals surface area contributed by atoms with Crippen LogP contribution in [0.2, 0.25) is 0 Å². The number of hydrogen-bond donors (Lipinski definition) is 2. The quantitative estimate of drug-likeness (QED) is 0.186. The Balaban J connectivity index is 1.63. The number of ether oxygens (including phenoxy) is 2. The Morgan fingerprint density at radius 2 is 0.978 bits per heavy atom. The van der Waals surface area contributed by atoms with E-state index in [1.165, 1.54) is 11.1 Å². The molecule has 248 valence electrons. The third kappa shape index (κ3) is 11.3. The van der Waals surface area contributed by atoms with Gasteiger partial charge in [-0.15, -0.1) is 0 Å². The molecule has 4 amide bonds. The third-order valence-corrected chi connectivity index (χ3v) is 7.81. The van der Waals surface area contributed by atoms with Crippen LogP contribution in [0.3, 0.4) is 0 Å². The van der Waals surface area contributed by atoms with E-state index in [1.54, 1.807) is 0 Å². The van der Waals surface area contributed by atoms with Crippen molar-refractivity contribution in [3.63, 3.8) is 0 Å². The van der Waals surface area contributed by atoms with Crippen molar-refractivity contribution in [3.05, 3.63) is 71.8 Å². The number of nitrogens with one attached hydrogen (secondary N) is 2. The minimum atomic E-state index is -1.39. The highest BCUT2D eigenvalue weighted by molar-refractivity contribution is 6.03. The normalized spacial score (nSPS) is 16.1. The lowest BCUT2D eigenvalue weighted by molar-refractivity contribution is -0.169. The lowest BCUT2D eigenvalue weighted by Crippen LogP contribution is -2.67. The van der Waals surface area contributed by atoms with Gasteiger partial charge in [0.05, 0.1) is 27.1 Å². The van der Waals surface area contributed by atoms with Crippen LogP contribution in [0.25, 0.3) is 0 Å². The molecule has 1 fully saturated rings. The third-order valence-electron chi connectivity index (χ3n) is 7.81. The molecule has 1 saturated heterocycles. The van der Waals surface area contributed by atoms with Gasteiger partial charge < -0.3 is 29.9 Å². The van der Waals surface area contributed by atoms with Gasteiger partial charge in [-0.2, -0.15) is 0 Å². The number of benzene rings is 2. The van der Waals surface area contributed by atoms with Gasteiger partial charge in [0, 0.05) is 13.1 Å². The fourth-order valence-corrected chi connectivity index (χ4v) is 5.28. The first-order valence-electron chi connectivity index (χ1n) is 15.6. The maximum atomic E-state index is 13.8. The molecule has 3 rings (SSSR count). The summed E-state index contributed by atoms with van der Waals surface area (Å²) in [6, 6.07) is 17.1. The highest BCUT2D eigenvalue weighted by atomic mass is 16.5. The van der Waals surface area contributed by atoms with Crippen LogP contribution in [-0.4, -0.2) is 97.8 Å².